The summed E-state index contributed by atoms with van der Waals surface area (Å²) < 4.78 is 24.1. The van der Waals surface area contributed by atoms with E-state index in [1.165, 1.54) is 16.8 Å². The maximum Gasteiger partial charge on any atom is 0.325 e. The number of carbonyl (C=O) groups is 1. The standard InChI is InChI=1S/C10H18N4O3S2/c1-6-7(2)19(16,17)9-12-11-8(18-9)14(5)10(15)13(3)4/h7H,6H2,1-5H3. The average Bonchev–Trinajstić information content (AvgIpc) is 2.85. The molecule has 0 radical (unpaired) electrons. The molecule has 1 rings (SSSR count). The fraction of sp³-hybridized carbons (Fsp3) is 0.700. The number of anilines is 1. The minimum absolute atomic E-state index is 0.0461. The zero-order chi connectivity index (χ0) is 14.8. The Morgan fingerprint density at radius 3 is 2.37 bits per heavy atom. The van der Waals surface area contributed by atoms with E-state index in [4.69, 9.17) is 0 Å². The summed E-state index contributed by atoms with van der Waals surface area (Å²) in [5.74, 6) is 0. The topological polar surface area (TPSA) is 83.5 Å². The van der Waals surface area contributed by atoms with Gasteiger partial charge in [-0.05, 0) is 13.3 Å². The van der Waals surface area contributed by atoms with Crippen molar-refractivity contribution in [1.29, 1.82) is 0 Å². The molecular formula is C10H18N4O3S2. The Balaban J connectivity index is 3.04. The first-order chi connectivity index (χ1) is 8.71. The van der Waals surface area contributed by atoms with Crippen LogP contribution in [0.4, 0.5) is 9.93 Å². The van der Waals surface area contributed by atoms with Gasteiger partial charge in [-0.3, -0.25) is 4.90 Å². The fourth-order valence-electron chi connectivity index (χ4n) is 1.23. The molecule has 1 atom stereocenters. The quantitative estimate of drug-likeness (QED) is 0.781. The number of hydrogen-bond acceptors (Lipinski definition) is 6. The molecule has 0 aliphatic heterocycles. The summed E-state index contributed by atoms with van der Waals surface area (Å²) in [6.45, 7) is 3.43. The Morgan fingerprint density at radius 1 is 1.32 bits per heavy atom. The largest absolute Gasteiger partial charge is 0.330 e. The third kappa shape index (κ3) is 3.21. The van der Waals surface area contributed by atoms with Gasteiger partial charge in [0.05, 0.1) is 5.25 Å². The molecule has 1 aromatic rings. The third-order valence-electron chi connectivity index (χ3n) is 2.70. The molecule has 0 saturated heterocycles. The van der Waals surface area contributed by atoms with Crippen LogP contribution in [0.15, 0.2) is 4.34 Å². The van der Waals surface area contributed by atoms with E-state index in [2.05, 4.69) is 10.2 Å². The van der Waals surface area contributed by atoms with E-state index in [0.29, 0.717) is 6.42 Å². The summed E-state index contributed by atoms with van der Waals surface area (Å²) in [6, 6.07) is -0.288. The molecule has 0 spiro atoms. The van der Waals surface area contributed by atoms with Gasteiger partial charge in [0.1, 0.15) is 0 Å². The van der Waals surface area contributed by atoms with Crippen LogP contribution in [0, 0.1) is 0 Å². The Morgan fingerprint density at radius 2 is 1.89 bits per heavy atom. The van der Waals surface area contributed by atoms with Gasteiger partial charge < -0.3 is 4.90 Å². The Labute approximate surface area is 117 Å². The zero-order valence-corrected chi connectivity index (χ0v) is 13.2. The van der Waals surface area contributed by atoms with Crippen molar-refractivity contribution in [3.63, 3.8) is 0 Å². The molecule has 9 heteroatoms. The van der Waals surface area contributed by atoms with Gasteiger partial charge in [0, 0.05) is 21.1 Å². The molecule has 108 valence electrons. The van der Waals surface area contributed by atoms with Gasteiger partial charge >= 0.3 is 6.03 Å². The van der Waals surface area contributed by atoms with E-state index in [0.717, 1.165) is 11.3 Å². The summed E-state index contributed by atoms with van der Waals surface area (Å²) >= 11 is 0.906. The van der Waals surface area contributed by atoms with Crippen LogP contribution in [-0.2, 0) is 9.84 Å². The molecule has 0 fully saturated rings. The number of carbonyl (C=O) groups excluding carboxylic acids is 1. The highest BCUT2D eigenvalue weighted by Gasteiger charge is 2.28. The first-order valence-corrected chi connectivity index (χ1v) is 8.10. The van der Waals surface area contributed by atoms with E-state index < -0.39 is 15.1 Å². The predicted octanol–water partition coefficient (Wildman–Crippen LogP) is 1.23. The lowest BCUT2D eigenvalue weighted by Crippen LogP contribution is -2.36. The van der Waals surface area contributed by atoms with Crippen LogP contribution in [0.1, 0.15) is 20.3 Å². The van der Waals surface area contributed by atoms with Crippen LogP contribution in [0.2, 0.25) is 0 Å². The monoisotopic (exact) mass is 306 g/mol. The van der Waals surface area contributed by atoms with Gasteiger partial charge in [-0.2, -0.15) is 0 Å². The van der Waals surface area contributed by atoms with Crippen LogP contribution in [0.5, 0.6) is 0 Å². The van der Waals surface area contributed by atoms with Crippen molar-refractivity contribution in [3.05, 3.63) is 0 Å². The highest BCUT2D eigenvalue weighted by atomic mass is 32.2. The molecule has 2 amide bonds. The van der Waals surface area contributed by atoms with Crippen LogP contribution in [0.3, 0.4) is 0 Å². The second-order valence-corrected chi connectivity index (χ2v) is 7.85. The molecule has 19 heavy (non-hydrogen) atoms. The fourth-order valence-corrected chi connectivity index (χ4v) is 3.88. The molecular weight excluding hydrogens is 288 g/mol. The van der Waals surface area contributed by atoms with Gasteiger partial charge in [-0.25, -0.2) is 13.2 Å². The molecule has 1 heterocycles. The summed E-state index contributed by atoms with van der Waals surface area (Å²) in [5, 5.41) is 7.21. The second kappa shape index (κ2) is 5.83. The Hall–Kier alpha value is -1.22. The van der Waals surface area contributed by atoms with Crippen LogP contribution in [-0.4, -0.2) is 55.9 Å². The minimum atomic E-state index is -3.45. The van der Waals surface area contributed by atoms with E-state index in [1.54, 1.807) is 27.9 Å². The van der Waals surface area contributed by atoms with Crippen LogP contribution < -0.4 is 4.90 Å². The van der Waals surface area contributed by atoms with E-state index in [9.17, 15) is 13.2 Å². The Kier molecular flexibility index (Phi) is 4.86. The second-order valence-electron chi connectivity index (χ2n) is 4.35. The van der Waals surface area contributed by atoms with Crippen molar-refractivity contribution < 1.29 is 13.2 Å². The highest BCUT2D eigenvalue weighted by molar-refractivity contribution is 7.94. The number of rotatable bonds is 4. The zero-order valence-electron chi connectivity index (χ0n) is 11.6. The first-order valence-electron chi connectivity index (χ1n) is 5.74. The van der Waals surface area contributed by atoms with Crippen molar-refractivity contribution in [1.82, 2.24) is 15.1 Å². The number of amides is 2. The lowest BCUT2D eigenvalue weighted by molar-refractivity contribution is 0.225. The molecule has 0 N–H and O–H groups in total. The number of nitrogens with zero attached hydrogens (tertiary/aromatic N) is 4. The molecule has 0 aliphatic carbocycles. The molecule has 1 aromatic heterocycles. The minimum Gasteiger partial charge on any atom is -0.330 e. The van der Waals surface area contributed by atoms with Gasteiger partial charge in [0.25, 0.3) is 0 Å². The summed E-state index contributed by atoms with van der Waals surface area (Å²) in [4.78, 5) is 14.4. The lowest BCUT2D eigenvalue weighted by atomic mass is 10.4. The normalized spacial score (nSPS) is 13.1. The molecule has 1 unspecified atom stereocenters. The van der Waals surface area contributed by atoms with E-state index in [-0.39, 0.29) is 15.5 Å². The maximum absolute atomic E-state index is 12.1. The van der Waals surface area contributed by atoms with Gasteiger partial charge in [0.15, 0.2) is 0 Å². The van der Waals surface area contributed by atoms with Gasteiger partial charge in [0.2, 0.25) is 19.3 Å². The molecule has 0 saturated carbocycles. The predicted molar refractivity (Wildman–Crippen MR) is 74.3 cm³/mol. The number of aromatic nitrogens is 2. The highest BCUT2D eigenvalue weighted by Crippen LogP contribution is 2.26. The third-order valence-corrected chi connectivity index (χ3v) is 6.40. The van der Waals surface area contributed by atoms with Gasteiger partial charge in [-0.15, -0.1) is 10.2 Å². The average molecular weight is 306 g/mol. The number of hydrogen-bond donors (Lipinski definition) is 0. The number of sulfone groups is 1. The summed E-state index contributed by atoms with van der Waals surface area (Å²) in [5.41, 5.74) is 0. The van der Waals surface area contributed by atoms with E-state index in [1.807, 2.05) is 0 Å². The summed E-state index contributed by atoms with van der Waals surface area (Å²) in [6.07, 6.45) is 0.504. The number of urea groups is 1. The van der Waals surface area contributed by atoms with Crippen LogP contribution >= 0.6 is 11.3 Å². The maximum atomic E-state index is 12.1. The summed E-state index contributed by atoms with van der Waals surface area (Å²) in [7, 11) is 1.29. The molecule has 0 aromatic carbocycles. The first kappa shape index (κ1) is 15.8. The molecule has 0 bridgehead atoms. The van der Waals surface area contributed by atoms with Crippen molar-refractivity contribution in [2.45, 2.75) is 29.9 Å². The Bertz CT molecular complexity index is 553. The van der Waals surface area contributed by atoms with E-state index >= 15 is 0 Å². The SMILES string of the molecule is CCC(C)S(=O)(=O)c1nnc(N(C)C(=O)N(C)C)s1. The van der Waals surface area contributed by atoms with Crippen molar-refractivity contribution in [2.75, 3.05) is 26.0 Å². The molecule has 0 aliphatic rings. The smallest absolute Gasteiger partial charge is 0.325 e. The van der Waals surface area contributed by atoms with Gasteiger partial charge in [-0.1, -0.05) is 18.3 Å². The van der Waals surface area contributed by atoms with Crippen LogP contribution in [0.25, 0.3) is 0 Å². The van der Waals surface area contributed by atoms with Crippen molar-refractivity contribution >= 4 is 32.3 Å². The molecule has 7 nitrogen and oxygen atoms in total. The van der Waals surface area contributed by atoms with Crippen molar-refractivity contribution in [2.24, 2.45) is 0 Å². The lowest BCUT2D eigenvalue weighted by Gasteiger charge is -2.18. The van der Waals surface area contributed by atoms with Crippen molar-refractivity contribution in [3.8, 4) is 0 Å².